The van der Waals surface area contributed by atoms with Gasteiger partial charge in [0.15, 0.2) is 0 Å². The molecule has 2 N–H and O–H groups in total. The number of amides is 2. The van der Waals surface area contributed by atoms with Crippen LogP contribution in [0.15, 0.2) is 35.9 Å². The third kappa shape index (κ3) is 6.27. The van der Waals surface area contributed by atoms with E-state index >= 15 is 0 Å². The fraction of sp³-hybridized carbons (Fsp3) is 0.474. The lowest BCUT2D eigenvalue weighted by molar-refractivity contribution is -0.126. The van der Waals surface area contributed by atoms with Gasteiger partial charge >= 0.3 is 0 Å². The van der Waals surface area contributed by atoms with Gasteiger partial charge in [0.25, 0.3) is 0 Å². The Kier molecular flexibility index (Phi) is 6.85. The molecule has 0 radical (unpaired) electrons. The quantitative estimate of drug-likeness (QED) is 0.597. The summed E-state index contributed by atoms with van der Waals surface area (Å²) >= 11 is 0. The topological polar surface area (TPSA) is 58.2 Å². The van der Waals surface area contributed by atoms with Crippen molar-refractivity contribution in [2.45, 2.75) is 51.9 Å². The molecule has 0 bridgehead atoms. The van der Waals surface area contributed by atoms with E-state index in [0.717, 1.165) is 31.4 Å². The maximum atomic E-state index is 11.9. The van der Waals surface area contributed by atoms with Crippen molar-refractivity contribution in [2.75, 3.05) is 11.9 Å². The fourth-order valence-corrected chi connectivity index (χ4v) is 2.73. The van der Waals surface area contributed by atoms with Crippen LogP contribution in [0.3, 0.4) is 0 Å². The summed E-state index contributed by atoms with van der Waals surface area (Å²) in [5.41, 5.74) is 3.38. The van der Waals surface area contributed by atoms with Gasteiger partial charge < -0.3 is 10.6 Å². The van der Waals surface area contributed by atoms with Gasteiger partial charge in [0.05, 0.1) is 0 Å². The predicted molar refractivity (Wildman–Crippen MR) is 93.2 cm³/mol. The van der Waals surface area contributed by atoms with Gasteiger partial charge in [-0.2, -0.15) is 0 Å². The maximum Gasteiger partial charge on any atom is 0.233 e. The Balaban J connectivity index is 1.67. The highest BCUT2D eigenvalue weighted by Crippen LogP contribution is 2.19. The van der Waals surface area contributed by atoms with Crippen LogP contribution in [0.25, 0.3) is 0 Å². The molecule has 23 heavy (non-hydrogen) atoms. The molecular weight excluding hydrogens is 288 g/mol. The summed E-state index contributed by atoms with van der Waals surface area (Å²) in [6.07, 6.45) is 8.83. The van der Waals surface area contributed by atoms with Crippen molar-refractivity contribution in [1.29, 1.82) is 0 Å². The first-order valence-corrected chi connectivity index (χ1v) is 8.50. The molecule has 1 aromatic rings. The molecular formula is C19H26N2O2. The first kappa shape index (κ1) is 17.3. The van der Waals surface area contributed by atoms with Crippen molar-refractivity contribution in [3.05, 3.63) is 41.5 Å². The number of aryl methyl sites for hydroxylation is 1. The number of hydrogen-bond donors (Lipinski definition) is 2. The Morgan fingerprint density at radius 3 is 2.52 bits per heavy atom. The maximum absolute atomic E-state index is 11.9. The van der Waals surface area contributed by atoms with E-state index in [1.165, 1.54) is 24.0 Å². The zero-order valence-corrected chi connectivity index (χ0v) is 13.9. The molecule has 4 heteroatoms. The van der Waals surface area contributed by atoms with Crippen molar-refractivity contribution >= 4 is 17.5 Å². The van der Waals surface area contributed by atoms with Crippen LogP contribution in [-0.4, -0.2) is 18.4 Å². The van der Waals surface area contributed by atoms with Crippen LogP contribution < -0.4 is 10.6 Å². The predicted octanol–water partition coefficient (Wildman–Crippen LogP) is 3.58. The second kappa shape index (κ2) is 9.13. The van der Waals surface area contributed by atoms with E-state index in [-0.39, 0.29) is 18.2 Å². The summed E-state index contributed by atoms with van der Waals surface area (Å²) in [5, 5.41) is 5.58. The number of rotatable bonds is 7. The van der Waals surface area contributed by atoms with Crippen molar-refractivity contribution in [3.8, 4) is 0 Å². The van der Waals surface area contributed by atoms with Crippen LogP contribution in [0.4, 0.5) is 5.69 Å². The van der Waals surface area contributed by atoms with Gasteiger partial charge in [0.1, 0.15) is 6.42 Å². The average Bonchev–Trinajstić information content (AvgIpc) is 2.56. The van der Waals surface area contributed by atoms with Crippen molar-refractivity contribution in [3.63, 3.8) is 0 Å². The van der Waals surface area contributed by atoms with Gasteiger partial charge in [-0.15, -0.1) is 0 Å². The SMILES string of the molecule is CCc1ccc(NC(=O)CC(=O)NCCC2=CCCCC2)cc1. The van der Waals surface area contributed by atoms with Crippen LogP contribution in [0.2, 0.25) is 0 Å². The minimum atomic E-state index is -0.274. The second-order valence-electron chi connectivity index (χ2n) is 5.98. The smallest absolute Gasteiger partial charge is 0.233 e. The second-order valence-corrected chi connectivity index (χ2v) is 5.98. The third-order valence-corrected chi connectivity index (χ3v) is 4.12. The van der Waals surface area contributed by atoms with Gasteiger partial charge in [-0.25, -0.2) is 0 Å². The van der Waals surface area contributed by atoms with Gasteiger partial charge in [-0.1, -0.05) is 30.7 Å². The standard InChI is InChI=1S/C19H26N2O2/c1-2-15-8-10-17(11-9-15)21-19(23)14-18(22)20-13-12-16-6-4-3-5-7-16/h6,8-11H,2-5,7,12-14H2,1H3,(H,20,22)(H,21,23). The monoisotopic (exact) mass is 314 g/mol. The number of carbonyl (C=O) groups excluding carboxylic acids is 2. The summed E-state index contributed by atoms with van der Waals surface area (Å²) in [5.74, 6) is -0.493. The van der Waals surface area contributed by atoms with Crippen LogP contribution in [0, 0.1) is 0 Å². The number of nitrogens with one attached hydrogen (secondary N) is 2. The lowest BCUT2D eigenvalue weighted by Crippen LogP contribution is -2.29. The average molecular weight is 314 g/mol. The number of allylic oxidation sites excluding steroid dienone is 1. The molecule has 0 unspecified atom stereocenters. The van der Waals surface area contributed by atoms with E-state index in [0.29, 0.717) is 6.54 Å². The molecule has 0 fully saturated rings. The summed E-state index contributed by atoms with van der Waals surface area (Å²) in [4.78, 5) is 23.7. The van der Waals surface area contributed by atoms with E-state index in [1.807, 2.05) is 24.3 Å². The first-order chi connectivity index (χ1) is 11.2. The zero-order chi connectivity index (χ0) is 16.5. The normalized spacial score (nSPS) is 14.0. The minimum absolute atomic E-state index is 0.130. The van der Waals surface area contributed by atoms with Gasteiger partial charge in [0, 0.05) is 12.2 Å². The molecule has 0 atom stereocenters. The summed E-state index contributed by atoms with van der Waals surface area (Å²) < 4.78 is 0. The molecule has 0 saturated carbocycles. The molecule has 4 nitrogen and oxygen atoms in total. The van der Waals surface area contributed by atoms with Crippen LogP contribution >= 0.6 is 0 Å². The molecule has 1 aliphatic carbocycles. The third-order valence-electron chi connectivity index (χ3n) is 4.12. The lowest BCUT2D eigenvalue weighted by Gasteiger charge is -2.13. The van der Waals surface area contributed by atoms with Gasteiger partial charge in [-0.05, 0) is 56.2 Å². The Bertz CT molecular complexity index is 561. The molecule has 0 heterocycles. The van der Waals surface area contributed by atoms with E-state index in [4.69, 9.17) is 0 Å². The Morgan fingerprint density at radius 2 is 1.87 bits per heavy atom. The number of carbonyl (C=O) groups is 2. The van der Waals surface area contributed by atoms with E-state index in [2.05, 4.69) is 23.6 Å². The number of hydrogen-bond acceptors (Lipinski definition) is 2. The lowest BCUT2D eigenvalue weighted by atomic mass is 9.97. The van der Waals surface area contributed by atoms with Crippen molar-refractivity contribution in [1.82, 2.24) is 5.32 Å². The van der Waals surface area contributed by atoms with Gasteiger partial charge in [0.2, 0.25) is 11.8 Å². The molecule has 0 spiro atoms. The Hall–Kier alpha value is -2.10. The van der Waals surface area contributed by atoms with E-state index in [1.54, 1.807) is 0 Å². The molecule has 1 aliphatic rings. The Labute approximate surface area is 138 Å². The molecule has 0 aromatic heterocycles. The Morgan fingerprint density at radius 1 is 1.09 bits per heavy atom. The van der Waals surface area contributed by atoms with Crippen molar-refractivity contribution < 1.29 is 9.59 Å². The largest absolute Gasteiger partial charge is 0.355 e. The van der Waals surface area contributed by atoms with Crippen LogP contribution in [0.5, 0.6) is 0 Å². The van der Waals surface area contributed by atoms with Crippen LogP contribution in [0.1, 0.15) is 51.0 Å². The number of anilines is 1. The molecule has 2 rings (SSSR count). The molecule has 0 saturated heterocycles. The molecule has 2 amide bonds. The first-order valence-electron chi connectivity index (χ1n) is 8.50. The molecule has 1 aromatic carbocycles. The van der Waals surface area contributed by atoms with Crippen LogP contribution in [-0.2, 0) is 16.0 Å². The highest BCUT2D eigenvalue weighted by Gasteiger charge is 2.10. The number of benzene rings is 1. The fourth-order valence-electron chi connectivity index (χ4n) is 2.73. The zero-order valence-electron chi connectivity index (χ0n) is 13.9. The molecule has 124 valence electrons. The van der Waals surface area contributed by atoms with Gasteiger partial charge in [-0.3, -0.25) is 9.59 Å². The summed E-state index contributed by atoms with van der Waals surface area (Å²) in [6, 6.07) is 7.69. The van der Waals surface area contributed by atoms with E-state index in [9.17, 15) is 9.59 Å². The summed E-state index contributed by atoms with van der Waals surface area (Å²) in [6.45, 7) is 2.70. The highest BCUT2D eigenvalue weighted by atomic mass is 16.2. The van der Waals surface area contributed by atoms with E-state index < -0.39 is 0 Å². The highest BCUT2D eigenvalue weighted by molar-refractivity contribution is 6.03. The van der Waals surface area contributed by atoms with Crippen molar-refractivity contribution in [2.24, 2.45) is 0 Å². The minimum Gasteiger partial charge on any atom is -0.355 e. The molecule has 0 aliphatic heterocycles. The summed E-state index contributed by atoms with van der Waals surface area (Å²) in [7, 11) is 0.